The summed E-state index contributed by atoms with van der Waals surface area (Å²) in [6.45, 7) is 9.31. The van der Waals surface area contributed by atoms with Gasteiger partial charge in [0.1, 0.15) is 11.6 Å². The monoisotopic (exact) mass is 361 g/mol. The number of amides is 2. The van der Waals surface area contributed by atoms with E-state index in [4.69, 9.17) is 0 Å². The number of rotatable bonds is 10. The van der Waals surface area contributed by atoms with Gasteiger partial charge in [-0.3, -0.25) is 14.3 Å². The largest absolute Gasteiger partial charge is 0.349 e. The highest BCUT2D eigenvalue weighted by atomic mass is 16.2. The van der Waals surface area contributed by atoms with Crippen molar-refractivity contribution in [2.45, 2.75) is 52.9 Å². The zero-order valence-electron chi connectivity index (χ0n) is 16.6. The summed E-state index contributed by atoms with van der Waals surface area (Å²) in [4.78, 5) is 26.7. The van der Waals surface area contributed by atoms with E-state index >= 15 is 0 Å². The molecule has 1 heterocycles. The van der Waals surface area contributed by atoms with E-state index in [0.717, 1.165) is 18.4 Å². The molecule has 26 heavy (non-hydrogen) atoms. The van der Waals surface area contributed by atoms with Crippen molar-refractivity contribution in [3.05, 3.63) is 17.5 Å². The molecule has 0 saturated carbocycles. The molecule has 7 heteroatoms. The number of hydrogen-bond acceptors (Lipinski definition) is 4. The number of carbonyl (C=O) groups is 2. The molecule has 0 aliphatic carbocycles. The van der Waals surface area contributed by atoms with Crippen LogP contribution in [0.2, 0.25) is 0 Å². The van der Waals surface area contributed by atoms with E-state index in [1.54, 1.807) is 22.8 Å². The summed E-state index contributed by atoms with van der Waals surface area (Å²) in [6, 6.07) is 2.10. The van der Waals surface area contributed by atoms with Gasteiger partial charge in [0.25, 0.3) is 5.91 Å². The van der Waals surface area contributed by atoms with Gasteiger partial charge in [0.05, 0.1) is 12.3 Å². The van der Waals surface area contributed by atoms with Gasteiger partial charge in [-0.1, -0.05) is 34.1 Å². The topological polar surface area (TPSA) is 91.0 Å². The van der Waals surface area contributed by atoms with Gasteiger partial charge in [-0.2, -0.15) is 10.4 Å². The summed E-state index contributed by atoms with van der Waals surface area (Å²) < 4.78 is 1.58. The number of hydrogen-bond donors (Lipinski definition) is 1. The Kier molecular flexibility index (Phi) is 8.83. The summed E-state index contributed by atoms with van der Waals surface area (Å²) in [5, 5.41) is 16.3. The Morgan fingerprint density at radius 2 is 2.00 bits per heavy atom. The van der Waals surface area contributed by atoms with Crippen LogP contribution < -0.4 is 5.32 Å². The average molecular weight is 361 g/mol. The van der Waals surface area contributed by atoms with Gasteiger partial charge in [0, 0.05) is 32.2 Å². The van der Waals surface area contributed by atoms with Crippen LogP contribution in [0.25, 0.3) is 0 Å². The molecule has 7 nitrogen and oxygen atoms in total. The molecule has 0 saturated heterocycles. The Labute approximate surface area is 156 Å². The quantitative estimate of drug-likeness (QED) is 0.693. The number of aromatic nitrogens is 2. The fourth-order valence-corrected chi connectivity index (χ4v) is 2.90. The van der Waals surface area contributed by atoms with Crippen LogP contribution in [0, 0.1) is 17.2 Å². The second-order valence-corrected chi connectivity index (χ2v) is 6.78. The highest BCUT2D eigenvalue weighted by Gasteiger charge is 2.23. The van der Waals surface area contributed by atoms with Crippen LogP contribution in [0.4, 0.5) is 0 Å². The number of aryl methyl sites for hydroxylation is 1. The van der Waals surface area contributed by atoms with Crippen LogP contribution in [-0.4, -0.2) is 46.1 Å². The van der Waals surface area contributed by atoms with Gasteiger partial charge >= 0.3 is 0 Å². The first kappa shape index (κ1) is 21.7. The molecule has 2 amide bonds. The minimum Gasteiger partial charge on any atom is -0.349 e. The summed E-state index contributed by atoms with van der Waals surface area (Å²) in [5.74, 6) is -0.739. The van der Waals surface area contributed by atoms with Crippen molar-refractivity contribution in [2.75, 3.05) is 19.6 Å². The van der Waals surface area contributed by atoms with Crippen LogP contribution in [-0.2, 0) is 11.8 Å². The second-order valence-electron chi connectivity index (χ2n) is 6.78. The Bertz CT molecular complexity index is 645. The van der Waals surface area contributed by atoms with Crippen molar-refractivity contribution in [3.8, 4) is 6.07 Å². The van der Waals surface area contributed by atoms with E-state index in [2.05, 4.69) is 16.5 Å². The molecule has 1 atom stereocenters. The third-order valence-corrected chi connectivity index (χ3v) is 4.31. The fraction of sp³-hybridized carbons (Fsp3) is 0.684. The van der Waals surface area contributed by atoms with E-state index < -0.39 is 5.92 Å². The molecule has 1 aromatic rings. The summed E-state index contributed by atoms with van der Waals surface area (Å²) in [7, 11) is 1.75. The molecule has 0 aromatic carbocycles. The zero-order valence-corrected chi connectivity index (χ0v) is 16.6. The minimum absolute atomic E-state index is 0.145. The Morgan fingerprint density at radius 3 is 2.54 bits per heavy atom. The highest BCUT2D eigenvalue weighted by molar-refractivity contribution is 5.94. The lowest BCUT2D eigenvalue weighted by Crippen LogP contribution is -2.42. The molecule has 0 spiro atoms. The van der Waals surface area contributed by atoms with Crippen molar-refractivity contribution in [1.29, 1.82) is 5.26 Å². The first-order valence-electron chi connectivity index (χ1n) is 9.35. The fourth-order valence-electron chi connectivity index (χ4n) is 2.90. The highest BCUT2D eigenvalue weighted by Crippen LogP contribution is 2.18. The van der Waals surface area contributed by atoms with Crippen LogP contribution >= 0.6 is 0 Å². The van der Waals surface area contributed by atoms with Gasteiger partial charge in [0.2, 0.25) is 5.91 Å². The van der Waals surface area contributed by atoms with Gasteiger partial charge in [-0.15, -0.1) is 0 Å². The van der Waals surface area contributed by atoms with Gasteiger partial charge in [-0.05, 0) is 18.8 Å². The van der Waals surface area contributed by atoms with Crippen LogP contribution in [0.5, 0.6) is 0 Å². The normalized spacial score (nSPS) is 11.9. The van der Waals surface area contributed by atoms with E-state index in [1.807, 2.05) is 27.7 Å². The van der Waals surface area contributed by atoms with Crippen LogP contribution in [0.1, 0.15) is 68.9 Å². The molecule has 1 aromatic heterocycles. The third-order valence-electron chi connectivity index (χ3n) is 4.31. The molecule has 1 unspecified atom stereocenters. The Morgan fingerprint density at radius 1 is 1.31 bits per heavy atom. The number of carbonyl (C=O) groups excluding carboxylic acids is 2. The lowest BCUT2D eigenvalue weighted by molar-refractivity contribution is -0.134. The predicted octanol–water partition coefficient (Wildman–Crippen LogP) is 2.45. The van der Waals surface area contributed by atoms with E-state index in [-0.39, 0.29) is 17.7 Å². The maximum Gasteiger partial charge on any atom is 0.269 e. The average Bonchev–Trinajstić information content (AvgIpc) is 3.00. The van der Waals surface area contributed by atoms with E-state index in [1.165, 1.54) is 0 Å². The second kappa shape index (κ2) is 10.6. The Balaban J connectivity index is 2.71. The molecular weight excluding hydrogens is 330 g/mol. The SMILES string of the molecule is CCCC(C#N)C(=O)N(CCC)CCNC(=O)c1c(C(C)C)cnn1C. The zero-order chi connectivity index (χ0) is 19.7. The molecule has 1 rings (SSSR count). The lowest BCUT2D eigenvalue weighted by Gasteiger charge is -2.24. The van der Waals surface area contributed by atoms with Gasteiger partial charge in [0.15, 0.2) is 0 Å². The first-order chi connectivity index (χ1) is 12.4. The molecule has 144 valence electrons. The molecule has 0 fully saturated rings. The molecule has 0 bridgehead atoms. The van der Waals surface area contributed by atoms with Crippen LogP contribution in [0.15, 0.2) is 6.20 Å². The van der Waals surface area contributed by atoms with Crippen molar-refractivity contribution < 1.29 is 9.59 Å². The molecule has 0 aliphatic heterocycles. The predicted molar refractivity (Wildman–Crippen MR) is 101 cm³/mol. The smallest absolute Gasteiger partial charge is 0.269 e. The van der Waals surface area contributed by atoms with Crippen molar-refractivity contribution >= 4 is 11.8 Å². The summed E-state index contributed by atoms with van der Waals surface area (Å²) in [5.41, 5.74) is 1.45. The Hall–Kier alpha value is -2.36. The van der Waals surface area contributed by atoms with Crippen molar-refractivity contribution in [3.63, 3.8) is 0 Å². The van der Waals surface area contributed by atoms with E-state index in [0.29, 0.717) is 31.7 Å². The van der Waals surface area contributed by atoms with E-state index in [9.17, 15) is 14.9 Å². The van der Waals surface area contributed by atoms with Gasteiger partial charge in [-0.25, -0.2) is 0 Å². The molecule has 1 N–H and O–H groups in total. The summed E-state index contributed by atoms with van der Waals surface area (Å²) in [6.07, 6.45) is 3.88. The molecular formula is C19H31N5O2. The number of nitriles is 1. The number of nitrogens with one attached hydrogen (secondary N) is 1. The summed E-state index contributed by atoms with van der Waals surface area (Å²) >= 11 is 0. The van der Waals surface area contributed by atoms with Gasteiger partial charge < -0.3 is 10.2 Å². The van der Waals surface area contributed by atoms with Crippen molar-refractivity contribution in [2.24, 2.45) is 13.0 Å². The number of nitrogens with zero attached hydrogens (tertiary/aromatic N) is 4. The standard InChI is InChI=1S/C19H31N5O2/c1-6-8-15(12-20)19(26)24(10-7-2)11-9-21-18(25)17-16(14(3)4)13-22-23(17)5/h13-15H,6-11H2,1-5H3,(H,21,25). The molecule has 0 aliphatic rings. The first-order valence-corrected chi connectivity index (χ1v) is 9.35. The molecule has 0 radical (unpaired) electrons. The van der Waals surface area contributed by atoms with Crippen molar-refractivity contribution in [1.82, 2.24) is 20.0 Å². The lowest BCUT2D eigenvalue weighted by atomic mass is 10.0. The minimum atomic E-state index is -0.605. The third kappa shape index (κ3) is 5.58. The maximum atomic E-state index is 12.5. The van der Waals surface area contributed by atoms with Crippen LogP contribution in [0.3, 0.4) is 0 Å². The maximum absolute atomic E-state index is 12.5.